The molecule has 1 aliphatic rings. The molecular weight excluding hydrogens is 379 g/mol. The van der Waals surface area contributed by atoms with Crippen molar-refractivity contribution in [3.05, 3.63) is 52.5 Å². The number of hydrogen-bond acceptors (Lipinski definition) is 4. The molecule has 0 bridgehead atoms. The average molecular weight is 389 g/mol. The number of pyridine rings is 1. The lowest BCUT2D eigenvalue weighted by atomic mass is 10.2. The number of nitrogens with one attached hydrogen (secondary N) is 1. The highest BCUT2D eigenvalue weighted by atomic mass is 32.1. The predicted molar refractivity (Wildman–Crippen MR) is 85.1 cm³/mol. The molecule has 11 heteroatoms. The first kappa shape index (κ1) is 18.1. The zero-order valence-electron chi connectivity index (χ0n) is 13.0. The van der Waals surface area contributed by atoms with Gasteiger partial charge in [-0.1, -0.05) is 15.8 Å². The summed E-state index contributed by atoms with van der Waals surface area (Å²) in [4.78, 5) is 16.3. The second-order valence-electron chi connectivity index (χ2n) is 5.36. The van der Waals surface area contributed by atoms with E-state index in [2.05, 4.69) is 10.1 Å². The fraction of sp³-hybridized carbons (Fsp3) is 0.133. The number of carbonyl (C=O) groups excluding carboxylic acids is 1. The van der Waals surface area contributed by atoms with E-state index < -0.39 is 39.8 Å². The summed E-state index contributed by atoms with van der Waals surface area (Å²) in [7, 11) is 1.09. The summed E-state index contributed by atoms with van der Waals surface area (Å²) >= 11 is 1.10. The summed E-state index contributed by atoms with van der Waals surface area (Å²) in [6, 6.07) is 1.95. The van der Waals surface area contributed by atoms with Crippen LogP contribution in [0.4, 0.5) is 32.4 Å². The van der Waals surface area contributed by atoms with E-state index in [0.29, 0.717) is 17.3 Å². The number of rotatable bonds is 2. The van der Waals surface area contributed by atoms with Crippen molar-refractivity contribution < 1.29 is 31.3 Å². The van der Waals surface area contributed by atoms with Gasteiger partial charge in [-0.25, -0.2) is 13.6 Å². The lowest BCUT2D eigenvalue weighted by Gasteiger charge is -2.23. The number of urea groups is 1. The van der Waals surface area contributed by atoms with Crippen molar-refractivity contribution in [1.82, 2.24) is 4.98 Å². The van der Waals surface area contributed by atoms with Gasteiger partial charge < -0.3 is 0 Å². The van der Waals surface area contributed by atoms with Crippen molar-refractivity contribution in [3.63, 3.8) is 0 Å². The maximum atomic E-state index is 13.7. The van der Waals surface area contributed by atoms with E-state index >= 15 is 0 Å². The molecule has 5 nitrogen and oxygen atoms in total. The molecule has 0 fully saturated rings. The van der Waals surface area contributed by atoms with Crippen molar-refractivity contribution >= 4 is 34.5 Å². The third-order valence-electron chi connectivity index (χ3n) is 3.60. The number of allylic oxidation sites excluding steroid dienone is 1. The Balaban J connectivity index is 2.04. The van der Waals surface area contributed by atoms with Gasteiger partial charge in [0.25, 0.3) is 0 Å². The van der Waals surface area contributed by atoms with Crippen LogP contribution in [0.25, 0.3) is 5.70 Å². The zero-order valence-corrected chi connectivity index (χ0v) is 13.8. The standard InChI is InChI=1S/C15H9F5N4OS/c1-24(14(25)22-13-8(16)6-21-7-9(13)17)10(11-3-2-4-26-11)5-12(23-24)15(18,19)20/h2-7H,1H3/p+1. The minimum Gasteiger partial charge on any atom is -0.267 e. The van der Waals surface area contributed by atoms with Crippen molar-refractivity contribution in [2.75, 3.05) is 12.4 Å². The van der Waals surface area contributed by atoms with Gasteiger partial charge in [0.05, 0.1) is 17.3 Å². The van der Waals surface area contributed by atoms with Gasteiger partial charge in [-0.15, -0.1) is 11.3 Å². The smallest absolute Gasteiger partial charge is 0.267 e. The lowest BCUT2D eigenvalue weighted by molar-refractivity contribution is -0.756. The van der Waals surface area contributed by atoms with Crippen molar-refractivity contribution in [1.29, 1.82) is 0 Å². The molecule has 0 saturated heterocycles. The second kappa shape index (κ2) is 6.25. The molecule has 0 radical (unpaired) electrons. The molecule has 1 atom stereocenters. The third kappa shape index (κ3) is 3.10. The van der Waals surface area contributed by atoms with Crippen LogP contribution in [0.5, 0.6) is 0 Å². The summed E-state index contributed by atoms with van der Waals surface area (Å²) in [6.07, 6.45) is -2.71. The normalized spacial score (nSPS) is 19.9. The molecule has 136 valence electrons. The maximum Gasteiger partial charge on any atom is 0.452 e. The molecule has 2 aromatic rings. The first-order chi connectivity index (χ1) is 12.1. The van der Waals surface area contributed by atoms with Crippen LogP contribution in [0.15, 0.2) is 41.1 Å². The minimum absolute atomic E-state index is 0.0697. The Morgan fingerprint density at radius 2 is 1.88 bits per heavy atom. The number of thiophene rings is 1. The fourth-order valence-corrected chi connectivity index (χ4v) is 3.12. The number of hydrogen-bond donors (Lipinski definition) is 1. The molecule has 2 aromatic heterocycles. The molecular formula is C15H10F5N4OS+. The highest BCUT2D eigenvalue weighted by Gasteiger charge is 2.50. The van der Waals surface area contributed by atoms with E-state index in [1.165, 1.54) is 6.07 Å². The number of nitrogens with zero attached hydrogens (tertiary/aromatic N) is 3. The van der Waals surface area contributed by atoms with Gasteiger partial charge >= 0.3 is 12.2 Å². The predicted octanol–water partition coefficient (Wildman–Crippen LogP) is 4.37. The van der Waals surface area contributed by atoms with E-state index in [9.17, 15) is 26.7 Å². The van der Waals surface area contributed by atoms with Crippen LogP contribution in [0, 0.1) is 11.6 Å². The molecule has 0 aromatic carbocycles. The summed E-state index contributed by atoms with van der Waals surface area (Å²) in [6.45, 7) is 0. The van der Waals surface area contributed by atoms with Crippen LogP contribution in [-0.2, 0) is 0 Å². The van der Waals surface area contributed by atoms with Crippen molar-refractivity contribution in [3.8, 4) is 0 Å². The molecule has 26 heavy (non-hydrogen) atoms. The SMILES string of the molecule is C[N+]1(C(=O)Nc2c(F)cncc2F)N=C(C(F)(F)F)C=C1c1cccs1. The molecule has 1 N–H and O–H groups in total. The maximum absolute atomic E-state index is 13.7. The van der Waals surface area contributed by atoms with Gasteiger partial charge in [-0.2, -0.15) is 13.2 Å². The summed E-state index contributed by atoms with van der Waals surface area (Å²) in [5.74, 6) is -2.32. The molecule has 1 unspecified atom stereocenters. The number of aromatic nitrogens is 1. The number of halogens is 5. The van der Waals surface area contributed by atoms with Gasteiger partial charge in [0, 0.05) is 6.08 Å². The van der Waals surface area contributed by atoms with Crippen LogP contribution in [0.2, 0.25) is 0 Å². The zero-order chi connectivity index (χ0) is 19.1. The highest BCUT2D eigenvalue weighted by Crippen LogP contribution is 2.38. The number of anilines is 1. The van der Waals surface area contributed by atoms with E-state index in [0.717, 1.165) is 24.5 Å². The van der Waals surface area contributed by atoms with Crippen LogP contribution in [0.1, 0.15) is 4.88 Å². The monoisotopic (exact) mass is 389 g/mol. The number of quaternary nitrogens is 1. The average Bonchev–Trinajstić information content (AvgIpc) is 3.18. The van der Waals surface area contributed by atoms with E-state index in [1.54, 1.807) is 11.4 Å². The van der Waals surface area contributed by atoms with Crippen LogP contribution >= 0.6 is 11.3 Å². The molecule has 3 heterocycles. The Bertz CT molecular complexity index is 902. The topological polar surface area (TPSA) is 54.4 Å². The summed E-state index contributed by atoms with van der Waals surface area (Å²) in [5, 5.41) is 7.03. The molecule has 0 aliphatic carbocycles. The molecule has 0 saturated carbocycles. The quantitative estimate of drug-likeness (QED) is 0.613. The van der Waals surface area contributed by atoms with Crippen LogP contribution in [0.3, 0.4) is 0 Å². The number of carbonyl (C=O) groups is 1. The van der Waals surface area contributed by atoms with Crippen molar-refractivity contribution in [2.45, 2.75) is 6.18 Å². The largest absolute Gasteiger partial charge is 0.452 e. The van der Waals surface area contributed by atoms with Gasteiger partial charge in [0.15, 0.2) is 17.3 Å². The molecule has 3 rings (SSSR count). The lowest BCUT2D eigenvalue weighted by Crippen LogP contribution is -2.44. The van der Waals surface area contributed by atoms with Gasteiger partial charge in [0.1, 0.15) is 12.7 Å². The first-order valence-corrected chi connectivity index (χ1v) is 7.91. The van der Waals surface area contributed by atoms with E-state index in [4.69, 9.17) is 0 Å². The second-order valence-corrected chi connectivity index (χ2v) is 6.30. The molecule has 1 aliphatic heterocycles. The van der Waals surface area contributed by atoms with Crippen molar-refractivity contribution in [2.24, 2.45) is 5.10 Å². The van der Waals surface area contributed by atoms with Crippen LogP contribution < -0.4 is 5.32 Å². The molecule has 0 spiro atoms. The fourth-order valence-electron chi connectivity index (χ4n) is 2.30. The Morgan fingerprint density at radius 3 is 2.42 bits per heavy atom. The van der Waals surface area contributed by atoms with E-state index in [1.807, 2.05) is 5.32 Å². The van der Waals surface area contributed by atoms with Gasteiger partial charge in [-0.3, -0.25) is 10.3 Å². The third-order valence-corrected chi connectivity index (χ3v) is 4.49. The van der Waals surface area contributed by atoms with Gasteiger partial charge in [-0.05, 0) is 11.4 Å². The highest BCUT2D eigenvalue weighted by molar-refractivity contribution is 7.11. The molecule has 2 amide bonds. The Labute approximate surface area is 147 Å². The first-order valence-electron chi connectivity index (χ1n) is 7.03. The number of amides is 2. The summed E-state index contributed by atoms with van der Waals surface area (Å²) < 4.78 is 65.5. The number of alkyl halides is 3. The Morgan fingerprint density at radius 1 is 1.23 bits per heavy atom. The Kier molecular flexibility index (Phi) is 4.36. The Hall–Kier alpha value is -2.66. The van der Waals surface area contributed by atoms with E-state index in [-0.39, 0.29) is 5.70 Å². The summed E-state index contributed by atoms with van der Waals surface area (Å²) in [5.41, 5.74) is -2.15. The van der Waals surface area contributed by atoms with Gasteiger partial charge in [0.2, 0.25) is 5.71 Å². The minimum atomic E-state index is -4.79. The van der Waals surface area contributed by atoms with Crippen LogP contribution in [-0.4, -0.2) is 34.5 Å².